The minimum absolute atomic E-state index is 0.0665. The zero-order valence-electron chi connectivity index (χ0n) is 7.27. The van der Waals surface area contributed by atoms with Crippen LogP contribution < -0.4 is 5.32 Å². The Bertz CT molecular complexity index is 355. The summed E-state index contributed by atoms with van der Waals surface area (Å²) in [5.41, 5.74) is 4.38. The second-order valence-corrected chi connectivity index (χ2v) is 3.29. The first kappa shape index (κ1) is 7.35. The van der Waals surface area contributed by atoms with Crippen molar-refractivity contribution >= 4 is 5.91 Å². The van der Waals surface area contributed by atoms with Crippen molar-refractivity contribution in [3.8, 4) is 0 Å². The van der Waals surface area contributed by atoms with Crippen molar-refractivity contribution in [3.63, 3.8) is 0 Å². The number of hydrogen-bond acceptors (Lipinski definition) is 1. The fraction of sp³-hybridized carbons (Fsp3) is 0.300. The molecule has 0 radical (unpaired) electrons. The fourth-order valence-electron chi connectivity index (χ4n) is 1.70. The largest absolute Gasteiger partial charge is 0.348 e. The van der Waals surface area contributed by atoms with Crippen LogP contribution in [0.25, 0.3) is 0 Å². The van der Waals surface area contributed by atoms with E-state index in [9.17, 15) is 4.79 Å². The van der Waals surface area contributed by atoms with Gasteiger partial charge in [-0.1, -0.05) is 11.6 Å². The molecule has 0 bridgehead atoms. The van der Waals surface area contributed by atoms with Crippen LogP contribution in [0.3, 0.4) is 0 Å². The molecule has 1 aromatic carbocycles. The minimum atomic E-state index is 0.0665. The molecule has 1 aliphatic rings. The van der Waals surface area contributed by atoms with Crippen LogP contribution in [0.15, 0.2) is 12.1 Å². The van der Waals surface area contributed by atoms with Crippen molar-refractivity contribution in [2.45, 2.75) is 20.4 Å². The van der Waals surface area contributed by atoms with Gasteiger partial charge in [-0.05, 0) is 31.0 Å². The highest BCUT2D eigenvalue weighted by Gasteiger charge is 2.19. The van der Waals surface area contributed by atoms with Crippen LogP contribution in [-0.4, -0.2) is 5.91 Å². The second kappa shape index (κ2) is 2.34. The quantitative estimate of drug-likeness (QED) is 0.614. The van der Waals surface area contributed by atoms with Gasteiger partial charge < -0.3 is 5.32 Å². The van der Waals surface area contributed by atoms with Crippen LogP contribution in [0, 0.1) is 13.8 Å². The van der Waals surface area contributed by atoms with E-state index in [0.717, 1.165) is 16.7 Å². The molecule has 0 aliphatic carbocycles. The molecule has 0 unspecified atom stereocenters. The summed E-state index contributed by atoms with van der Waals surface area (Å²) in [5.74, 6) is 0.0665. The number of hydrogen-bond donors (Lipinski definition) is 1. The summed E-state index contributed by atoms with van der Waals surface area (Å²) in [7, 11) is 0. The summed E-state index contributed by atoms with van der Waals surface area (Å²) in [5, 5.41) is 2.81. The predicted octanol–water partition coefficient (Wildman–Crippen LogP) is 1.55. The molecule has 1 heterocycles. The van der Waals surface area contributed by atoms with Crippen LogP contribution in [0.2, 0.25) is 0 Å². The molecular weight excluding hydrogens is 150 g/mol. The summed E-state index contributed by atoms with van der Waals surface area (Å²) in [6.45, 7) is 4.76. The molecule has 2 nitrogen and oxygen atoms in total. The van der Waals surface area contributed by atoms with E-state index in [4.69, 9.17) is 0 Å². The molecule has 1 aliphatic heterocycles. The van der Waals surface area contributed by atoms with E-state index in [-0.39, 0.29) is 5.91 Å². The first-order valence-corrected chi connectivity index (χ1v) is 4.07. The van der Waals surface area contributed by atoms with Crippen LogP contribution >= 0.6 is 0 Å². The molecule has 0 saturated carbocycles. The average Bonchev–Trinajstić information content (AvgIpc) is 2.33. The molecule has 2 rings (SSSR count). The van der Waals surface area contributed by atoms with Crippen LogP contribution in [-0.2, 0) is 6.54 Å². The van der Waals surface area contributed by atoms with Crippen LogP contribution in [0.5, 0.6) is 0 Å². The van der Waals surface area contributed by atoms with Gasteiger partial charge in [-0.3, -0.25) is 4.79 Å². The SMILES string of the molecule is Cc1cc(C)c2c(c1)C(=O)NC2. The maximum Gasteiger partial charge on any atom is 0.251 e. The molecule has 0 saturated heterocycles. The second-order valence-electron chi connectivity index (χ2n) is 3.29. The van der Waals surface area contributed by atoms with Gasteiger partial charge in [0.25, 0.3) is 5.91 Å². The molecule has 0 atom stereocenters. The van der Waals surface area contributed by atoms with E-state index < -0.39 is 0 Å². The molecule has 1 N–H and O–H groups in total. The Balaban J connectivity index is 2.68. The molecule has 0 fully saturated rings. The van der Waals surface area contributed by atoms with Crippen molar-refractivity contribution in [2.75, 3.05) is 0 Å². The Labute approximate surface area is 71.6 Å². The van der Waals surface area contributed by atoms with E-state index in [1.54, 1.807) is 0 Å². The van der Waals surface area contributed by atoms with E-state index in [0.29, 0.717) is 6.54 Å². The molecule has 0 spiro atoms. The van der Waals surface area contributed by atoms with Crippen molar-refractivity contribution in [3.05, 3.63) is 34.4 Å². The molecule has 2 heteroatoms. The summed E-state index contributed by atoms with van der Waals surface area (Å²) in [6, 6.07) is 4.06. The Kier molecular flexibility index (Phi) is 1.43. The lowest BCUT2D eigenvalue weighted by molar-refractivity contribution is 0.0965. The average molecular weight is 161 g/mol. The standard InChI is InChI=1S/C10H11NO/c1-6-3-7(2)9-5-11-10(12)8(9)4-6/h3-4H,5H2,1-2H3,(H,11,12). The third-order valence-electron chi connectivity index (χ3n) is 2.29. The van der Waals surface area contributed by atoms with E-state index in [2.05, 4.69) is 11.4 Å². The highest BCUT2D eigenvalue weighted by atomic mass is 16.1. The van der Waals surface area contributed by atoms with Gasteiger partial charge in [-0.15, -0.1) is 0 Å². The zero-order chi connectivity index (χ0) is 8.72. The molecular formula is C10H11NO. The van der Waals surface area contributed by atoms with Crippen LogP contribution in [0.4, 0.5) is 0 Å². The first-order valence-electron chi connectivity index (χ1n) is 4.07. The summed E-state index contributed by atoms with van der Waals surface area (Å²) in [4.78, 5) is 11.3. The first-order chi connectivity index (χ1) is 5.68. The molecule has 12 heavy (non-hydrogen) atoms. The Morgan fingerprint density at radius 3 is 2.83 bits per heavy atom. The third kappa shape index (κ3) is 0.916. The third-order valence-corrected chi connectivity index (χ3v) is 2.29. The molecule has 1 amide bonds. The number of nitrogens with one attached hydrogen (secondary N) is 1. The zero-order valence-corrected chi connectivity index (χ0v) is 7.27. The maximum absolute atomic E-state index is 11.3. The Morgan fingerprint density at radius 2 is 2.08 bits per heavy atom. The molecule has 62 valence electrons. The number of benzene rings is 1. The predicted molar refractivity (Wildman–Crippen MR) is 47.1 cm³/mol. The van der Waals surface area contributed by atoms with Gasteiger partial charge in [0.2, 0.25) is 0 Å². The van der Waals surface area contributed by atoms with Crippen molar-refractivity contribution in [2.24, 2.45) is 0 Å². The lowest BCUT2D eigenvalue weighted by Crippen LogP contribution is -2.12. The molecule has 0 aromatic heterocycles. The van der Waals surface area contributed by atoms with Gasteiger partial charge >= 0.3 is 0 Å². The van der Waals surface area contributed by atoms with Gasteiger partial charge in [0.05, 0.1) is 0 Å². The van der Waals surface area contributed by atoms with Crippen molar-refractivity contribution in [1.82, 2.24) is 5.32 Å². The number of carbonyl (C=O) groups is 1. The lowest BCUT2D eigenvalue weighted by atomic mass is 10.0. The Hall–Kier alpha value is -1.31. The van der Waals surface area contributed by atoms with E-state index in [1.165, 1.54) is 5.56 Å². The van der Waals surface area contributed by atoms with Crippen molar-refractivity contribution < 1.29 is 4.79 Å². The highest BCUT2D eigenvalue weighted by Crippen LogP contribution is 2.20. The molecule has 1 aromatic rings. The normalized spacial score (nSPS) is 14.3. The number of fused-ring (bicyclic) bond motifs is 1. The number of carbonyl (C=O) groups excluding carboxylic acids is 1. The van der Waals surface area contributed by atoms with E-state index >= 15 is 0 Å². The topological polar surface area (TPSA) is 29.1 Å². The number of rotatable bonds is 0. The smallest absolute Gasteiger partial charge is 0.251 e. The minimum Gasteiger partial charge on any atom is -0.348 e. The van der Waals surface area contributed by atoms with Gasteiger partial charge in [0.15, 0.2) is 0 Å². The van der Waals surface area contributed by atoms with Gasteiger partial charge in [-0.25, -0.2) is 0 Å². The summed E-state index contributed by atoms with van der Waals surface area (Å²) >= 11 is 0. The summed E-state index contributed by atoms with van der Waals surface area (Å²) < 4.78 is 0. The van der Waals surface area contributed by atoms with E-state index in [1.807, 2.05) is 19.9 Å². The van der Waals surface area contributed by atoms with Gasteiger partial charge in [-0.2, -0.15) is 0 Å². The fourth-order valence-corrected chi connectivity index (χ4v) is 1.70. The highest BCUT2D eigenvalue weighted by molar-refractivity contribution is 5.98. The van der Waals surface area contributed by atoms with Crippen molar-refractivity contribution in [1.29, 1.82) is 0 Å². The van der Waals surface area contributed by atoms with Crippen LogP contribution in [0.1, 0.15) is 27.0 Å². The lowest BCUT2D eigenvalue weighted by Gasteiger charge is -2.02. The monoisotopic (exact) mass is 161 g/mol. The number of aryl methyl sites for hydroxylation is 2. The Morgan fingerprint density at radius 1 is 1.33 bits per heavy atom. The van der Waals surface area contributed by atoms with Gasteiger partial charge in [0.1, 0.15) is 0 Å². The summed E-state index contributed by atoms with van der Waals surface area (Å²) in [6.07, 6.45) is 0. The maximum atomic E-state index is 11.3. The number of amides is 1. The van der Waals surface area contributed by atoms with Gasteiger partial charge in [0, 0.05) is 12.1 Å².